The van der Waals surface area contributed by atoms with E-state index in [2.05, 4.69) is 0 Å². The zero-order valence-corrected chi connectivity index (χ0v) is 12.3. The minimum atomic E-state index is -1.15. The van der Waals surface area contributed by atoms with Gasteiger partial charge in [0, 0.05) is 11.8 Å². The summed E-state index contributed by atoms with van der Waals surface area (Å²) in [4.78, 5) is 11.5. The van der Waals surface area contributed by atoms with Crippen molar-refractivity contribution in [1.82, 2.24) is 0 Å². The number of rotatable bonds is 5. The van der Waals surface area contributed by atoms with E-state index in [0.717, 1.165) is 10.8 Å². The number of hydrogen-bond acceptors (Lipinski definition) is 2. The fourth-order valence-electron chi connectivity index (χ4n) is 2.49. The summed E-state index contributed by atoms with van der Waals surface area (Å²) < 4.78 is 19.4. The number of ether oxygens (including phenoxy) is 1. The van der Waals surface area contributed by atoms with Gasteiger partial charge >= 0.3 is 5.97 Å². The van der Waals surface area contributed by atoms with E-state index in [0.29, 0.717) is 11.3 Å². The van der Waals surface area contributed by atoms with Gasteiger partial charge in [0.1, 0.15) is 11.6 Å². The van der Waals surface area contributed by atoms with Crippen LogP contribution in [0, 0.1) is 5.82 Å². The molecule has 0 aliphatic carbocycles. The number of aliphatic carboxylic acids is 1. The maximum absolute atomic E-state index is 13.8. The van der Waals surface area contributed by atoms with Gasteiger partial charge in [0.05, 0.1) is 0 Å². The summed E-state index contributed by atoms with van der Waals surface area (Å²) in [5.74, 6) is -1.08. The zero-order valence-electron chi connectivity index (χ0n) is 12.3. The van der Waals surface area contributed by atoms with Crippen LogP contribution in [0.25, 0.3) is 10.8 Å². The molecule has 23 heavy (non-hydrogen) atoms. The number of fused-ring (bicyclic) bond motifs is 1. The molecule has 3 aromatic rings. The van der Waals surface area contributed by atoms with Crippen molar-refractivity contribution >= 4 is 16.7 Å². The Kier molecular flexibility index (Phi) is 4.24. The van der Waals surface area contributed by atoms with E-state index in [-0.39, 0.29) is 6.42 Å². The molecule has 0 aliphatic heterocycles. The molecule has 0 radical (unpaired) electrons. The molecule has 3 rings (SSSR count). The van der Waals surface area contributed by atoms with Gasteiger partial charge in [-0.3, -0.25) is 0 Å². The maximum atomic E-state index is 13.8. The van der Waals surface area contributed by atoms with Crippen LogP contribution in [-0.4, -0.2) is 17.2 Å². The van der Waals surface area contributed by atoms with Gasteiger partial charge in [0.25, 0.3) is 0 Å². The van der Waals surface area contributed by atoms with Crippen molar-refractivity contribution in [3.63, 3.8) is 0 Å². The van der Waals surface area contributed by atoms with Crippen molar-refractivity contribution in [3.05, 3.63) is 78.1 Å². The first-order valence-corrected chi connectivity index (χ1v) is 7.26. The van der Waals surface area contributed by atoms with Gasteiger partial charge in [-0.25, -0.2) is 9.18 Å². The van der Waals surface area contributed by atoms with Crippen LogP contribution in [0.4, 0.5) is 4.39 Å². The quantitative estimate of drug-likeness (QED) is 0.773. The molecule has 3 aromatic carbocycles. The maximum Gasteiger partial charge on any atom is 0.345 e. The Morgan fingerprint density at radius 1 is 1.00 bits per heavy atom. The Balaban J connectivity index is 1.90. The lowest BCUT2D eigenvalue weighted by Gasteiger charge is -2.17. The van der Waals surface area contributed by atoms with Crippen LogP contribution in [0.1, 0.15) is 5.56 Å². The standard InChI is InChI=1S/C19H15FO3/c20-16-10-4-2-7-14(16)12-18(19(21)22)23-17-11-5-8-13-6-1-3-9-15(13)17/h1-11,18H,12H2,(H,21,22)/t18-/m0/s1. The fourth-order valence-corrected chi connectivity index (χ4v) is 2.49. The SMILES string of the molecule is O=C(O)[C@H](Cc1ccccc1F)Oc1cccc2ccccc12. The smallest absolute Gasteiger partial charge is 0.345 e. The van der Waals surface area contributed by atoms with Crippen molar-refractivity contribution in [2.75, 3.05) is 0 Å². The number of halogens is 1. The highest BCUT2D eigenvalue weighted by Crippen LogP contribution is 2.27. The second-order valence-electron chi connectivity index (χ2n) is 5.22. The third-order valence-electron chi connectivity index (χ3n) is 3.66. The largest absolute Gasteiger partial charge is 0.478 e. The average Bonchev–Trinajstić information content (AvgIpc) is 2.56. The minimum absolute atomic E-state index is 0.0365. The second kappa shape index (κ2) is 6.48. The topological polar surface area (TPSA) is 46.5 Å². The van der Waals surface area contributed by atoms with Crippen molar-refractivity contribution in [2.45, 2.75) is 12.5 Å². The molecule has 0 fully saturated rings. The molecular weight excluding hydrogens is 295 g/mol. The van der Waals surface area contributed by atoms with Gasteiger partial charge in [-0.2, -0.15) is 0 Å². The minimum Gasteiger partial charge on any atom is -0.478 e. The average molecular weight is 310 g/mol. The third-order valence-corrected chi connectivity index (χ3v) is 3.66. The van der Waals surface area contributed by atoms with Crippen LogP contribution in [0.5, 0.6) is 5.75 Å². The Morgan fingerprint density at radius 3 is 2.48 bits per heavy atom. The first-order valence-electron chi connectivity index (χ1n) is 7.26. The lowest BCUT2D eigenvalue weighted by Crippen LogP contribution is -2.29. The summed E-state index contributed by atoms with van der Waals surface area (Å²) in [6, 6.07) is 19.1. The van der Waals surface area contributed by atoms with E-state index < -0.39 is 17.9 Å². The lowest BCUT2D eigenvalue weighted by molar-refractivity contribution is -0.145. The highest BCUT2D eigenvalue weighted by atomic mass is 19.1. The summed E-state index contributed by atoms with van der Waals surface area (Å²) in [6.45, 7) is 0. The molecule has 116 valence electrons. The van der Waals surface area contributed by atoms with E-state index in [9.17, 15) is 14.3 Å². The fraction of sp³-hybridized carbons (Fsp3) is 0.105. The molecule has 0 aliphatic rings. The van der Waals surface area contributed by atoms with Crippen LogP contribution < -0.4 is 4.74 Å². The Morgan fingerprint density at radius 2 is 1.70 bits per heavy atom. The molecule has 0 spiro atoms. The van der Waals surface area contributed by atoms with Crippen LogP contribution >= 0.6 is 0 Å². The molecule has 0 amide bonds. The van der Waals surface area contributed by atoms with Gasteiger partial charge in [-0.05, 0) is 23.1 Å². The molecule has 4 heteroatoms. The molecule has 0 saturated carbocycles. The summed E-state index contributed by atoms with van der Waals surface area (Å²) in [6.07, 6.45) is -1.19. The highest BCUT2D eigenvalue weighted by molar-refractivity contribution is 5.88. The highest BCUT2D eigenvalue weighted by Gasteiger charge is 2.22. The molecule has 1 atom stereocenters. The van der Waals surface area contributed by atoms with Crippen LogP contribution in [0.15, 0.2) is 66.7 Å². The lowest BCUT2D eigenvalue weighted by atomic mass is 10.1. The van der Waals surface area contributed by atoms with Crippen LogP contribution in [0.2, 0.25) is 0 Å². The van der Waals surface area contributed by atoms with Gasteiger partial charge in [0.15, 0.2) is 6.10 Å². The Labute approximate surface area is 132 Å². The predicted octanol–water partition coefficient (Wildman–Crippen LogP) is 4.05. The van der Waals surface area contributed by atoms with Crippen LogP contribution in [0.3, 0.4) is 0 Å². The van der Waals surface area contributed by atoms with Crippen molar-refractivity contribution in [1.29, 1.82) is 0 Å². The molecule has 0 aromatic heterocycles. The third kappa shape index (κ3) is 3.31. The van der Waals surface area contributed by atoms with Gasteiger partial charge in [0.2, 0.25) is 0 Å². The van der Waals surface area contributed by atoms with Crippen molar-refractivity contribution < 1.29 is 19.0 Å². The van der Waals surface area contributed by atoms with E-state index in [1.165, 1.54) is 6.07 Å². The van der Waals surface area contributed by atoms with Gasteiger partial charge in [-0.1, -0.05) is 54.6 Å². The molecule has 1 N–H and O–H groups in total. The second-order valence-corrected chi connectivity index (χ2v) is 5.22. The zero-order chi connectivity index (χ0) is 16.2. The number of carbonyl (C=O) groups is 1. The summed E-state index contributed by atoms with van der Waals surface area (Å²) in [7, 11) is 0. The van der Waals surface area contributed by atoms with E-state index in [1.54, 1.807) is 30.3 Å². The first kappa shape index (κ1) is 15.0. The van der Waals surface area contributed by atoms with Gasteiger partial charge in [-0.15, -0.1) is 0 Å². The molecule has 0 heterocycles. The Bertz CT molecular complexity index is 839. The van der Waals surface area contributed by atoms with Crippen LogP contribution in [-0.2, 0) is 11.2 Å². The summed E-state index contributed by atoms with van der Waals surface area (Å²) >= 11 is 0. The van der Waals surface area contributed by atoms with E-state index in [4.69, 9.17) is 4.74 Å². The molecule has 3 nitrogen and oxygen atoms in total. The molecular formula is C19H15FO3. The number of carboxylic acids is 1. The number of carboxylic acid groups (broad SMARTS) is 1. The van der Waals surface area contributed by atoms with Gasteiger partial charge < -0.3 is 9.84 Å². The first-order chi connectivity index (χ1) is 11.1. The molecule has 0 bridgehead atoms. The van der Waals surface area contributed by atoms with Crippen molar-refractivity contribution in [2.24, 2.45) is 0 Å². The van der Waals surface area contributed by atoms with E-state index >= 15 is 0 Å². The number of hydrogen-bond donors (Lipinski definition) is 1. The predicted molar refractivity (Wildman–Crippen MR) is 86.1 cm³/mol. The summed E-state index contributed by atoms with van der Waals surface area (Å²) in [5.41, 5.74) is 0.320. The van der Waals surface area contributed by atoms with E-state index in [1.807, 2.05) is 30.3 Å². The molecule has 0 unspecified atom stereocenters. The Hall–Kier alpha value is -2.88. The van der Waals surface area contributed by atoms with Crippen molar-refractivity contribution in [3.8, 4) is 5.75 Å². The monoisotopic (exact) mass is 310 g/mol. The normalized spacial score (nSPS) is 12.0. The summed E-state index contributed by atoms with van der Waals surface area (Å²) in [5, 5.41) is 11.2. The molecule has 0 saturated heterocycles. The number of benzene rings is 3.